The van der Waals surface area contributed by atoms with Crippen LogP contribution in [0.5, 0.6) is 0 Å². The Balaban J connectivity index is 1.77. The Bertz CT molecular complexity index is 226. The summed E-state index contributed by atoms with van der Waals surface area (Å²) in [6.07, 6.45) is 15.9. The molecule has 2 aliphatic rings. The van der Waals surface area contributed by atoms with E-state index in [1.54, 1.807) is 5.57 Å². The highest BCUT2D eigenvalue weighted by Gasteiger charge is 2.26. The van der Waals surface area contributed by atoms with Gasteiger partial charge in [-0.3, -0.25) is 0 Å². The van der Waals surface area contributed by atoms with Crippen LogP contribution in [-0.2, 0) is 0 Å². The third kappa shape index (κ3) is 3.60. The zero-order chi connectivity index (χ0) is 12.1. The van der Waals surface area contributed by atoms with E-state index in [0.717, 1.165) is 17.8 Å². The van der Waals surface area contributed by atoms with Crippen LogP contribution < -0.4 is 0 Å². The van der Waals surface area contributed by atoms with Gasteiger partial charge in [-0.15, -0.1) is 0 Å². The molecule has 2 saturated carbocycles. The van der Waals surface area contributed by atoms with Gasteiger partial charge in [-0.2, -0.15) is 0 Å². The van der Waals surface area contributed by atoms with Crippen molar-refractivity contribution < 1.29 is 0 Å². The summed E-state index contributed by atoms with van der Waals surface area (Å²) in [5, 5.41) is 0. The topological polar surface area (TPSA) is 0 Å². The predicted octanol–water partition coefficient (Wildman–Crippen LogP) is 5.73. The third-order valence-electron chi connectivity index (χ3n) is 5.20. The lowest BCUT2D eigenvalue weighted by Crippen LogP contribution is -2.21. The molecule has 0 radical (unpaired) electrons. The van der Waals surface area contributed by atoms with Crippen molar-refractivity contribution in [3.63, 3.8) is 0 Å². The van der Waals surface area contributed by atoms with Gasteiger partial charge in [-0.1, -0.05) is 51.2 Å². The lowest BCUT2D eigenvalue weighted by Gasteiger charge is -2.34. The van der Waals surface area contributed by atoms with Gasteiger partial charge in [-0.25, -0.2) is 0 Å². The second-order valence-electron chi connectivity index (χ2n) is 6.42. The minimum absolute atomic E-state index is 0.881. The SMILES string of the molecule is C=C(C1CCCCC1)C1CCC(CCC)CC1. The van der Waals surface area contributed by atoms with Crippen LogP contribution in [0.3, 0.4) is 0 Å². The summed E-state index contributed by atoms with van der Waals surface area (Å²) in [6.45, 7) is 6.80. The van der Waals surface area contributed by atoms with Crippen LogP contribution in [0.15, 0.2) is 12.2 Å². The van der Waals surface area contributed by atoms with Gasteiger partial charge in [-0.05, 0) is 56.3 Å². The molecule has 17 heavy (non-hydrogen) atoms. The first-order chi connectivity index (χ1) is 8.31. The molecule has 2 rings (SSSR count). The zero-order valence-electron chi connectivity index (χ0n) is 11.7. The molecular weight excluding hydrogens is 204 g/mol. The van der Waals surface area contributed by atoms with Crippen LogP contribution in [0.1, 0.15) is 77.6 Å². The molecule has 0 heteroatoms. The highest BCUT2D eigenvalue weighted by Crippen LogP contribution is 2.40. The molecule has 0 N–H and O–H groups in total. The lowest BCUT2D eigenvalue weighted by molar-refractivity contribution is 0.263. The highest BCUT2D eigenvalue weighted by molar-refractivity contribution is 5.07. The summed E-state index contributed by atoms with van der Waals surface area (Å²) in [5.41, 5.74) is 1.64. The number of allylic oxidation sites excluding steroid dienone is 1. The summed E-state index contributed by atoms with van der Waals surface area (Å²) < 4.78 is 0. The molecule has 0 unspecified atom stereocenters. The summed E-state index contributed by atoms with van der Waals surface area (Å²) in [6, 6.07) is 0. The van der Waals surface area contributed by atoms with Crippen molar-refractivity contribution in [3.05, 3.63) is 12.2 Å². The molecule has 0 heterocycles. The van der Waals surface area contributed by atoms with E-state index < -0.39 is 0 Å². The third-order valence-corrected chi connectivity index (χ3v) is 5.20. The molecule has 2 fully saturated rings. The first-order valence-electron chi connectivity index (χ1n) is 8.00. The maximum absolute atomic E-state index is 4.47. The standard InChI is InChI=1S/C17H30/c1-3-7-15-10-12-17(13-11-15)14(2)16-8-5-4-6-9-16/h15-17H,2-13H2,1H3. The Hall–Kier alpha value is -0.260. The monoisotopic (exact) mass is 234 g/mol. The van der Waals surface area contributed by atoms with Gasteiger partial charge >= 0.3 is 0 Å². The van der Waals surface area contributed by atoms with E-state index >= 15 is 0 Å². The van der Waals surface area contributed by atoms with Crippen LogP contribution in [0.2, 0.25) is 0 Å². The van der Waals surface area contributed by atoms with Gasteiger partial charge < -0.3 is 0 Å². The Morgan fingerprint density at radius 3 is 2.06 bits per heavy atom. The molecular formula is C17H30. The molecule has 0 aliphatic heterocycles. The molecule has 0 aromatic heterocycles. The molecule has 0 bridgehead atoms. The Morgan fingerprint density at radius 2 is 1.47 bits per heavy atom. The van der Waals surface area contributed by atoms with Crippen LogP contribution in [0, 0.1) is 17.8 Å². The summed E-state index contributed by atoms with van der Waals surface area (Å²) >= 11 is 0. The molecule has 0 aromatic carbocycles. The number of hydrogen-bond donors (Lipinski definition) is 0. The summed E-state index contributed by atoms with van der Waals surface area (Å²) in [5.74, 6) is 2.80. The Morgan fingerprint density at radius 1 is 0.882 bits per heavy atom. The zero-order valence-corrected chi connectivity index (χ0v) is 11.7. The van der Waals surface area contributed by atoms with Crippen LogP contribution in [0.4, 0.5) is 0 Å². The van der Waals surface area contributed by atoms with E-state index in [9.17, 15) is 0 Å². The van der Waals surface area contributed by atoms with Gasteiger partial charge in [0.1, 0.15) is 0 Å². The van der Waals surface area contributed by atoms with E-state index in [1.165, 1.54) is 70.6 Å². The van der Waals surface area contributed by atoms with Gasteiger partial charge in [0, 0.05) is 0 Å². The van der Waals surface area contributed by atoms with Crippen molar-refractivity contribution >= 4 is 0 Å². The van der Waals surface area contributed by atoms with E-state index in [0.29, 0.717) is 0 Å². The van der Waals surface area contributed by atoms with Gasteiger partial charge in [0.05, 0.1) is 0 Å². The molecule has 0 saturated heterocycles. The van der Waals surface area contributed by atoms with Crippen LogP contribution in [0.25, 0.3) is 0 Å². The maximum atomic E-state index is 4.47. The maximum Gasteiger partial charge on any atom is -0.0203 e. The normalized spacial score (nSPS) is 31.4. The lowest BCUT2D eigenvalue weighted by atomic mass is 9.71. The second-order valence-corrected chi connectivity index (χ2v) is 6.42. The van der Waals surface area contributed by atoms with Crippen molar-refractivity contribution in [3.8, 4) is 0 Å². The minimum atomic E-state index is 0.881. The Labute approximate surface area is 108 Å². The molecule has 2 aliphatic carbocycles. The first kappa shape index (κ1) is 13.2. The molecule has 0 spiro atoms. The molecule has 0 amide bonds. The van der Waals surface area contributed by atoms with E-state index in [1.807, 2.05) is 0 Å². The second kappa shape index (κ2) is 6.61. The average Bonchev–Trinajstić information content (AvgIpc) is 2.40. The summed E-state index contributed by atoms with van der Waals surface area (Å²) in [7, 11) is 0. The summed E-state index contributed by atoms with van der Waals surface area (Å²) in [4.78, 5) is 0. The molecule has 98 valence electrons. The smallest absolute Gasteiger partial charge is 0.0203 e. The van der Waals surface area contributed by atoms with E-state index in [-0.39, 0.29) is 0 Å². The van der Waals surface area contributed by atoms with Crippen LogP contribution >= 0.6 is 0 Å². The fourth-order valence-corrected chi connectivity index (χ4v) is 4.04. The van der Waals surface area contributed by atoms with E-state index in [2.05, 4.69) is 13.5 Å². The van der Waals surface area contributed by atoms with Crippen molar-refractivity contribution in [2.24, 2.45) is 17.8 Å². The average molecular weight is 234 g/mol. The van der Waals surface area contributed by atoms with Crippen molar-refractivity contribution in [1.82, 2.24) is 0 Å². The molecule has 0 atom stereocenters. The van der Waals surface area contributed by atoms with E-state index in [4.69, 9.17) is 0 Å². The fourth-order valence-electron chi connectivity index (χ4n) is 4.04. The van der Waals surface area contributed by atoms with Gasteiger partial charge in [0.2, 0.25) is 0 Å². The fraction of sp³-hybridized carbons (Fsp3) is 0.882. The number of rotatable bonds is 4. The molecule has 0 aromatic rings. The van der Waals surface area contributed by atoms with Crippen molar-refractivity contribution in [2.45, 2.75) is 77.6 Å². The number of hydrogen-bond acceptors (Lipinski definition) is 0. The van der Waals surface area contributed by atoms with Gasteiger partial charge in [0.15, 0.2) is 0 Å². The quantitative estimate of drug-likeness (QED) is 0.545. The molecule has 0 nitrogen and oxygen atoms in total. The van der Waals surface area contributed by atoms with Gasteiger partial charge in [0.25, 0.3) is 0 Å². The Kier molecular flexibility index (Phi) is 5.13. The van der Waals surface area contributed by atoms with Crippen molar-refractivity contribution in [1.29, 1.82) is 0 Å². The van der Waals surface area contributed by atoms with Crippen LogP contribution in [-0.4, -0.2) is 0 Å². The predicted molar refractivity (Wildman–Crippen MR) is 76.1 cm³/mol. The van der Waals surface area contributed by atoms with Crippen molar-refractivity contribution in [2.75, 3.05) is 0 Å². The first-order valence-corrected chi connectivity index (χ1v) is 8.00. The minimum Gasteiger partial charge on any atom is -0.0993 e. The largest absolute Gasteiger partial charge is 0.0993 e. The highest BCUT2D eigenvalue weighted by atomic mass is 14.3.